The van der Waals surface area contributed by atoms with Crippen molar-refractivity contribution in [3.63, 3.8) is 0 Å². The smallest absolute Gasteiger partial charge is 0.331 e. The third-order valence-corrected chi connectivity index (χ3v) is 1.29. The summed E-state index contributed by atoms with van der Waals surface area (Å²) >= 11 is 5.55. The van der Waals surface area contributed by atoms with Crippen LogP contribution in [0.1, 0.15) is 6.92 Å². The van der Waals surface area contributed by atoms with Crippen LogP contribution < -0.4 is 0 Å². The molecule has 0 unspecified atom stereocenters. The molecule has 0 fully saturated rings. The quantitative estimate of drug-likeness (QED) is 0.350. The van der Waals surface area contributed by atoms with Gasteiger partial charge in [0.05, 0.1) is 12.1 Å². The zero-order valence-corrected chi connectivity index (χ0v) is 6.73. The first-order chi connectivity index (χ1) is 4.57. The van der Waals surface area contributed by atoms with Crippen molar-refractivity contribution in [1.82, 2.24) is 0 Å². The van der Waals surface area contributed by atoms with E-state index in [1.165, 1.54) is 13.2 Å². The molecule has 0 aromatic heterocycles. The van der Waals surface area contributed by atoms with Gasteiger partial charge in [0.15, 0.2) is 0 Å². The zero-order valence-electron chi connectivity index (χ0n) is 5.98. The second kappa shape index (κ2) is 4.12. The number of carbonyl (C=O) groups excluding carboxylic acids is 1. The summed E-state index contributed by atoms with van der Waals surface area (Å²) < 4.78 is 4.33. The molecule has 0 saturated heterocycles. The van der Waals surface area contributed by atoms with Crippen LogP contribution in [0.3, 0.4) is 0 Å². The molecule has 0 N–H and O–H groups in total. The standard InChI is InChI=1S/C7H9ClO2/c1-5(2)6(8)4-7(9)10-3/h4H,1H2,2-3H3/b6-4-. The van der Waals surface area contributed by atoms with Crippen molar-refractivity contribution < 1.29 is 9.53 Å². The van der Waals surface area contributed by atoms with Gasteiger partial charge in [0.25, 0.3) is 0 Å². The van der Waals surface area contributed by atoms with Gasteiger partial charge < -0.3 is 4.74 Å². The van der Waals surface area contributed by atoms with Crippen LogP contribution in [-0.2, 0) is 9.53 Å². The highest BCUT2D eigenvalue weighted by molar-refractivity contribution is 6.33. The molecule has 0 saturated carbocycles. The van der Waals surface area contributed by atoms with Gasteiger partial charge in [-0.2, -0.15) is 0 Å². The Balaban J connectivity index is 4.16. The Labute approximate surface area is 65.1 Å². The van der Waals surface area contributed by atoms with Crippen LogP contribution in [0.4, 0.5) is 0 Å². The van der Waals surface area contributed by atoms with Crippen molar-refractivity contribution >= 4 is 17.6 Å². The topological polar surface area (TPSA) is 26.3 Å². The predicted molar refractivity (Wildman–Crippen MR) is 40.8 cm³/mol. The summed E-state index contributed by atoms with van der Waals surface area (Å²) in [4.78, 5) is 10.5. The van der Waals surface area contributed by atoms with Gasteiger partial charge in [0.1, 0.15) is 0 Å². The molecule has 0 atom stereocenters. The molecule has 0 spiro atoms. The maximum Gasteiger partial charge on any atom is 0.331 e. The fourth-order valence-electron chi connectivity index (χ4n) is 0.286. The van der Waals surface area contributed by atoms with Crippen LogP contribution in [0.15, 0.2) is 23.3 Å². The van der Waals surface area contributed by atoms with E-state index in [0.717, 1.165) is 0 Å². The minimum absolute atomic E-state index is 0.326. The van der Waals surface area contributed by atoms with Crippen LogP contribution >= 0.6 is 11.6 Å². The highest BCUT2D eigenvalue weighted by atomic mass is 35.5. The van der Waals surface area contributed by atoms with Gasteiger partial charge in [-0.3, -0.25) is 0 Å². The van der Waals surface area contributed by atoms with Gasteiger partial charge in [0.2, 0.25) is 0 Å². The van der Waals surface area contributed by atoms with E-state index in [1.54, 1.807) is 6.92 Å². The lowest BCUT2D eigenvalue weighted by Crippen LogP contribution is -1.95. The molecule has 0 aliphatic heterocycles. The summed E-state index contributed by atoms with van der Waals surface area (Å²) in [5, 5.41) is 0.326. The largest absolute Gasteiger partial charge is 0.466 e. The molecule has 0 aliphatic rings. The average Bonchev–Trinajstić information content (AvgIpc) is 1.87. The molecule has 2 nitrogen and oxygen atoms in total. The zero-order chi connectivity index (χ0) is 8.15. The van der Waals surface area contributed by atoms with Gasteiger partial charge >= 0.3 is 5.97 Å². The van der Waals surface area contributed by atoms with Crippen molar-refractivity contribution in [2.24, 2.45) is 0 Å². The van der Waals surface area contributed by atoms with Gasteiger partial charge in [-0.15, -0.1) is 0 Å². The van der Waals surface area contributed by atoms with Gasteiger partial charge in [-0.05, 0) is 12.5 Å². The SMILES string of the molecule is C=C(C)/C(Cl)=C/C(=O)OC. The molecule has 10 heavy (non-hydrogen) atoms. The van der Waals surface area contributed by atoms with E-state index in [9.17, 15) is 4.79 Å². The normalized spacial score (nSPS) is 10.9. The molecule has 0 aromatic carbocycles. The number of ether oxygens (including phenoxy) is 1. The van der Waals surface area contributed by atoms with Crippen LogP contribution in [0.5, 0.6) is 0 Å². The number of allylic oxidation sites excluding steroid dienone is 2. The summed E-state index contributed by atoms with van der Waals surface area (Å²) in [6.45, 7) is 5.24. The third kappa shape index (κ3) is 3.30. The molecule has 0 radical (unpaired) electrons. The number of esters is 1. The molecule has 0 rings (SSSR count). The molecule has 0 aliphatic carbocycles. The first-order valence-electron chi connectivity index (χ1n) is 2.69. The van der Waals surface area contributed by atoms with Crippen molar-refractivity contribution in [3.8, 4) is 0 Å². The molecule has 0 heterocycles. The Kier molecular flexibility index (Phi) is 3.81. The highest BCUT2D eigenvalue weighted by Gasteiger charge is 1.97. The summed E-state index contributed by atoms with van der Waals surface area (Å²) in [5.41, 5.74) is 0.645. The number of halogens is 1. The Morgan fingerprint density at radius 1 is 1.70 bits per heavy atom. The van der Waals surface area contributed by atoms with Crippen LogP contribution in [0, 0.1) is 0 Å². The summed E-state index contributed by atoms with van der Waals surface area (Å²) in [6.07, 6.45) is 1.18. The summed E-state index contributed by atoms with van der Waals surface area (Å²) in [5.74, 6) is -0.465. The second-order valence-corrected chi connectivity index (χ2v) is 2.20. The summed E-state index contributed by atoms with van der Waals surface area (Å²) in [7, 11) is 1.29. The van der Waals surface area contributed by atoms with Gasteiger partial charge in [0, 0.05) is 6.08 Å². The first kappa shape index (κ1) is 9.24. The average molecular weight is 161 g/mol. The maximum absolute atomic E-state index is 10.5. The fraction of sp³-hybridized carbons (Fsp3) is 0.286. The van der Waals surface area contributed by atoms with Crippen molar-refractivity contribution in [3.05, 3.63) is 23.3 Å². The van der Waals surface area contributed by atoms with E-state index in [4.69, 9.17) is 11.6 Å². The van der Waals surface area contributed by atoms with Crippen molar-refractivity contribution in [2.45, 2.75) is 6.92 Å². The monoisotopic (exact) mass is 160 g/mol. The van der Waals surface area contributed by atoms with Crippen LogP contribution in [-0.4, -0.2) is 13.1 Å². The lowest BCUT2D eigenvalue weighted by Gasteiger charge is -1.94. The van der Waals surface area contributed by atoms with Gasteiger partial charge in [-0.1, -0.05) is 18.2 Å². The van der Waals surface area contributed by atoms with Crippen molar-refractivity contribution in [2.75, 3.05) is 7.11 Å². The molecule has 0 bridgehead atoms. The lowest BCUT2D eigenvalue weighted by atomic mass is 10.3. The van der Waals surface area contributed by atoms with E-state index in [2.05, 4.69) is 11.3 Å². The number of hydrogen-bond donors (Lipinski definition) is 0. The van der Waals surface area contributed by atoms with Crippen LogP contribution in [0.25, 0.3) is 0 Å². The van der Waals surface area contributed by atoms with Crippen molar-refractivity contribution in [1.29, 1.82) is 0 Å². The maximum atomic E-state index is 10.5. The predicted octanol–water partition coefficient (Wildman–Crippen LogP) is 1.86. The molecule has 0 aromatic rings. The number of methoxy groups -OCH3 is 1. The Hall–Kier alpha value is -0.760. The highest BCUT2D eigenvalue weighted by Crippen LogP contribution is 2.10. The van der Waals surface area contributed by atoms with E-state index in [-0.39, 0.29) is 0 Å². The van der Waals surface area contributed by atoms with E-state index in [1.807, 2.05) is 0 Å². The second-order valence-electron chi connectivity index (χ2n) is 1.80. The minimum atomic E-state index is -0.465. The molecular formula is C7H9ClO2. The Morgan fingerprint density at radius 2 is 2.20 bits per heavy atom. The minimum Gasteiger partial charge on any atom is -0.466 e. The third-order valence-electron chi connectivity index (χ3n) is 0.853. The Bertz CT molecular complexity index is 182. The van der Waals surface area contributed by atoms with E-state index < -0.39 is 5.97 Å². The molecule has 3 heteroatoms. The number of rotatable bonds is 2. The van der Waals surface area contributed by atoms with Crippen LogP contribution in [0.2, 0.25) is 0 Å². The summed E-state index contributed by atoms with van der Waals surface area (Å²) in [6, 6.07) is 0. The van der Waals surface area contributed by atoms with E-state index in [0.29, 0.717) is 10.6 Å². The molecule has 0 amide bonds. The number of hydrogen-bond acceptors (Lipinski definition) is 2. The lowest BCUT2D eigenvalue weighted by molar-refractivity contribution is -0.134. The Morgan fingerprint density at radius 3 is 2.50 bits per heavy atom. The van der Waals surface area contributed by atoms with Gasteiger partial charge in [-0.25, -0.2) is 4.79 Å². The molecule has 56 valence electrons. The fourth-order valence-corrected chi connectivity index (χ4v) is 0.375. The molecular weight excluding hydrogens is 152 g/mol. The number of carbonyl (C=O) groups is 1. The first-order valence-corrected chi connectivity index (χ1v) is 3.06. The van der Waals surface area contributed by atoms with E-state index >= 15 is 0 Å².